The summed E-state index contributed by atoms with van der Waals surface area (Å²) < 4.78 is 4.78. The second-order valence-corrected chi connectivity index (χ2v) is 3.69. The Bertz CT molecular complexity index is 452. The van der Waals surface area contributed by atoms with Gasteiger partial charge in [-0.15, -0.1) is 0 Å². The first-order chi connectivity index (χ1) is 9.15. The fraction of sp³-hybridized carbons (Fsp3) is 0.286. The highest BCUT2D eigenvalue weighted by atomic mass is 16.5. The molecule has 102 valence electrons. The summed E-state index contributed by atoms with van der Waals surface area (Å²) in [7, 11) is 0. The lowest BCUT2D eigenvalue weighted by Gasteiger charge is -2.05. The molecule has 0 aliphatic rings. The fourth-order valence-electron chi connectivity index (χ4n) is 1.37. The van der Waals surface area contributed by atoms with E-state index in [0.29, 0.717) is 18.8 Å². The van der Waals surface area contributed by atoms with E-state index < -0.39 is 0 Å². The van der Waals surface area contributed by atoms with E-state index in [1.807, 2.05) is 6.92 Å². The molecule has 0 saturated carbocycles. The normalized spacial score (nSPS) is 10.2. The van der Waals surface area contributed by atoms with Crippen LogP contribution in [-0.2, 0) is 9.53 Å². The van der Waals surface area contributed by atoms with Crippen molar-refractivity contribution in [2.45, 2.75) is 13.8 Å². The molecule has 0 heterocycles. The third-order valence-electron chi connectivity index (χ3n) is 2.20. The van der Waals surface area contributed by atoms with E-state index in [2.05, 4.69) is 10.6 Å². The van der Waals surface area contributed by atoms with Gasteiger partial charge in [0.25, 0.3) is 0 Å². The topological polar surface area (TPSA) is 67.4 Å². The molecule has 5 heteroatoms. The fourth-order valence-corrected chi connectivity index (χ4v) is 1.37. The van der Waals surface area contributed by atoms with Crippen LogP contribution in [0.2, 0.25) is 0 Å². The van der Waals surface area contributed by atoms with Gasteiger partial charge in [-0.05, 0) is 37.6 Å². The second kappa shape index (κ2) is 7.92. The number of rotatable bonds is 5. The van der Waals surface area contributed by atoms with Crippen molar-refractivity contribution in [3.8, 4) is 0 Å². The van der Waals surface area contributed by atoms with E-state index in [4.69, 9.17) is 4.74 Å². The highest BCUT2D eigenvalue weighted by molar-refractivity contribution is 5.89. The van der Waals surface area contributed by atoms with Crippen LogP contribution in [0.15, 0.2) is 30.3 Å². The van der Waals surface area contributed by atoms with Crippen LogP contribution in [0.4, 0.5) is 10.5 Å². The van der Waals surface area contributed by atoms with E-state index in [-0.39, 0.29) is 12.0 Å². The Kier molecular flexibility index (Phi) is 6.15. The molecule has 0 unspecified atom stereocenters. The minimum atomic E-state index is -0.368. The Morgan fingerprint density at radius 2 is 1.89 bits per heavy atom. The van der Waals surface area contributed by atoms with Crippen molar-refractivity contribution >= 4 is 23.8 Å². The zero-order valence-corrected chi connectivity index (χ0v) is 11.1. The summed E-state index contributed by atoms with van der Waals surface area (Å²) in [5, 5.41) is 5.33. The molecule has 0 aromatic heterocycles. The first-order valence-corrected chi connectivity index (χ1v) is 6.15. The SMILES string of the molecule is CCNC(=O)Nc1ccc(C=CC(=O)OCC)cc1. The molecule has 2 N–H and O–H groups in total. The average molecular weight is 262 g/mol. The number of hydrogen-bond donors (Lipinski definition) is 2. The number of esters is 1. The number of nitrogens with one attached hydrogen (secondary N) is 2. The third-order valence-corrected chi connectivity index (χ3v) is 2.20. The van der Waals surface area contributed by atoms with E-state index in [1.54, 1.807) is 37.3 Å². The van der Waals surface area contributed by atoms with Crippen LogP contribution in [0.3, 0.4) is 0 Å². The van der Waals surface area contributed by atoms with Gasteiger partial charge in [0.15, 0.2) is 0 Å². The number of carbonyl (C=O) groups is 2. The first-order valence-electron chi connectivity index (χ1n) is 6.15. The van der Waals surface area contributed by atoms with Crippen molar-refractivity contribution in [1.29, 1.82) is 0 Å². The molecule has 2 amide bonds. The number of amides is 2. The number of ether oxygens (including phenoxy) is 1. The molecule has 19 heavy (non-hydrogen) atoms. The van der Waals surface area contributed by atoms with Crippen LogP contribution in [-0.4, -0.2) is 25.2 Å². The van der Waals surface area contributed by atoms with Gasteiger partial charge >= 0.3 is 12.0 Å². The van der Waals surface area contributed by atoms with Gasteiger partial charge in [-0.2, -0.15) is 0 Å². The van der Waals surface area contributed by atoms with Gasteiger partial charge in [0.2, 0.25) is 0 Å². The molecule has 0 atom stereocenters. The monoisotopic (exact) mass is 262 g/mol. The molecule has 0 aliphatic carbocycles. The van der Waals surface area contributed by atoms with Crippen LogP contribution in [0, 0.1) is 0 Å². The highest BCUT2D eigenvalue weighted by Crippen LogP contribution is 2.10. The van der Waals surface area contributed by atoms with Crippen LogP contribution >= 0.6 is 0 Å². The predicted molar refractivity (Wildman–Crippen MR) is 74.8 cm³/mol. The summed E-state index contributed by atoms with van der Waals surface area (Å²) in [6, 6.07) is 6.90. The maximum Gasteiger partial charge on any atom is 0.330 e. The van der Waals surface area contributed by atoms with Gasteiger partial charge in [-0.25, -0.2) is 9.59 Å². The Morgan fingerprint density at radius 1 is 1.21 bits per heavy atom. The van der Waals surface area contributed by atoms with Crippen molar-refractivity contribution < 1.29 is 14.3 Å². The summed E-state index contributed by atoms with van der Waals surface area (Å²) in [6.45, 7) is 4.54. The lowest BCUT2D eigenvalue weighted by atomic mass is 10.2. The molecule has 0 radical (unpaired) electrons. The smallest absolute Gasteiger partial charge is 0.330 e. The molecule has 0 bridgehead atoms. The van der Waals surface area contributed by atoms with Gasteiger partial charge in [0.1, 0.15) is 0 Å². The zero-order chi connectivity index (χ0) is 14.1. The lowest BCUT2D eigenvalue weighted by Crippen LogP contribution is -2.28. The van der Waals surface area contributed by atoms with Crippen molar-refractivity contribution in [2.75, 3.05) is 18.5 Å². The van der Waals surface area contributed by atoms with Gasteiger partial charge in [-0.1, -0.05) is 12.1 Å². The molecule has 5 nitrogen and oxygen atoms in total. The van der Waals surface area contributed by atoms with Crippen molar-refractivity contribution in [3.63, 3.8) is 0 Å². The van der Waals surface area contributed by atoms with Crippen LogP contribution in [0.1, 0.15) is 19.4 Å². The van der Waals surface area contributed by atoms with E-state index >= 15 is 0 Å². The third kappa shape index (κ3) is 5.72. The Balaban J connectivity index is 2.56. The standard InChI is InChI=1S/C14H18N2O3/c1-3-15-14(18)16-12-8-5-11(6-9-12)7-10-13(17)19-4-2/h5-10H,3-4H2,1-2H3,(H2,15,16,18). The molecular formula is C14H18N2O3. The molecule has 0 spiro atoms. The van der Waals surface area contributed by atoms with Gasteiger partial charge < -0.3 is 15.4 Å². The van der Waals surface area contributed by atoms with Crippen molar-refractivity contribution in [3.05, 3.63) is 35.9 Å². The van der Waals surface area contributed by atoms with Gasteiger partial charge in [0.05, 0.1) is 6.61 Å². The number of anilines is 1. The van der Waals surface area contributed by atoms with E-state index in [1.165, 1.54) is 6.08 Å². The molecule has 0 aliphatic heterocycles. The van der Waals surface area contributed by atoms with Crippen LogP contribution in [0.25, 0.3) is 6.08 Å². The minimum Gasteiger partial charge on any atom is -0.463 e. The van der Waals surface area contributed by atoms with Crippen LogP contribution < -0.4 is 10.6 Å². The van der Waals surface area contributed by atoms with Gasteiger partial charge in [0, 0.05) is 18.3 Å². The van der Waals surface area contributed by atoms with Gasteiger partial charge in [-0.3, -0.25) is 0 Å². The lowest BCUT2D eigenvalue weighted by molar-refractivity contribution is -0.137. The Hall–Kier alpha value is -2.30. The zero-order valence-electron chi connectivity index (χ0n) is 11.1. The summed E-state index contributed by atoms with van der Waals surface area (Å²) in [5.41, 5.74) is 1.55. The molecule has 1 rings (SSSR count). The molecular weight excluding hydrogens is 244 g/mol. The van der Waals surface area contributed by atoms with E-state index in [0.717, 1.165) is 5.56 Å². The molecule has 0 fully saturated rings. The summed E-state index contributed by atoms with van der Waals surface area (Å²) in [5.74, 6) is -0.368. The highest BCUT2D eigenvalue weighted by Gasteiger charge is 1.99. The van der Waals surface area contributed by atoms with Crippen molar-refractivity contribution in [1.82, 2.24) is 5.32 Å². The summed E-state index contributed by atoms with van der Waals surface area (Å²) in [6.07, 6.45) is 3.03. The average Bonchev–Trinajstić information content (AvgIpc) is 2.38. The Morgan fingerprint density at radius 3 is 2.47 bits per heavy atom. The minimum absolute atomic E-state index is 0.239. The van der Waals surface area contributed by atoms with Crippen molar-refractivity contribution in [2.24, 2.45) is 0 Å². The number of benzene rings is 1. The number of carbonyl (C=O) groups excluding carboxylic acids is 2. The van der Waals surface area contributed by atoms with Crippen LogP contribution in [0.5, 0.6) is 0 Å². The maximum absolute atomic E-state index is 11.3. The maximum atomic E-state index is 11.3. The number of urea groups is 1. The molecule has 0 saturated heterocycles. The van der Waals surface area contributed by atoms with E-state index in [9.17, 15) is 9.59 Å². The number of hydrogen-bond acceptors (Lipinski definition) is 3. The summed E-state index contributed by atoms with van der Waals surface area (Å²) in [4.78, 5) is 22.4. The quantitative estimate of drug-likeness (QED) is 0.632. The Labute approximate surface area is 112 Å². The largest absolute Gasteiger partial charge is 0.463 e. The molecule has 1 aromatic rings. The second-order valence-electron chi connectivity index (χ2n) is 3.69. The molecule has 1 aromatic carbocycles. The summed E-state index contributed by atoms with van der Waals surface area (Å²) >= 11 is 0. The first kappa shape index (κ1) is 14.8. The predicted octanol–water partition coefficient (Wildman–Crippen LogP) is 2.40.